The largest absolute Gasteiger partial charge is 0.272 e. The number of anilines is 1. The van der Waals surface area contributed by atoms with E-state index in [1.807, 2.05) is 25.1 Å². The highest BCUT2D eigenvalue weighted by Gasteiger charge is 2.17. The lowest BCUT2D eigenvalue weighted by atomic mass is 10.1. The molecule has 0 radical (unpaired) electrons. The smallest absolute Gasteiger partial charge is 0.266 e. The molecule has 3 aromatic rings. The second kappa shape index (κ2) is 6.46. The van der Waals surface area contributed by atoms with E-state index in [9.17, 15) is 8.42 Å². The van der Waals surface area contributed by atoms with E-state index >= 15 is 0 Å². The molecule has 2 heterocycles. The Morgan fingerprint density at radius 2 is 2.09 bits per heavy atom. The molecule has 0 atom stereocenters. The van der Waals surface area contributed by atoms with Crippen LogP contribution in [0.15, 0.2) is 56.7 Å². The number of hydrogen-bond acceptors (Lipinski definition) is 4. The predicted molar refractivity (Wildman–Crippen MR) is 95.3 cm³/mol. The molecule has 0 spiro atoms. The molecule has 1 N–H and O–H groups in total. The molecule has 120 valence electrons. The third-order valence-corrected chi connectivity index (χ3v) is 6.59. The van der Waals surface area contributed by atoms with Crippen molar-refractivity contribution in [2.45, 2.75) is 17.7 Å². The molecule has 0 amide bonds. The summed E-state index contributed by atoms with van der Waals surface area (Å²) in [6.07, 6.45) is 1.75. The number of aromatic nitrogens is 2. The summed E-state index contributed by atoms with van der Waals surface area (Å²) in [7, 11) is -3.60. The second-order valence-corrected chi connectivity index (χ2v) is 9.42. The van der Waals surface area contributed by atoms with Crippen molar-refractivity contribution < 1.29 is 8.42 Å². The monoisotopic (exact) mass is 411 g/mol. The Hall–Kier alpha value is -1.64. The van der Waals surface area contributed by atoms with Gasteiger partial charge in [-0.05, 0) is 40.5 Å². The first kappa shape index (κ1) is 16.2. The van der Waals surface area contributed by atoms with Gasteiger partial charge in [-0.15, -0.1) is 11.3 Å². The molecule has 0 saturated heterocycles. The molecule has 0 fully saturated rings. The van der Waals surface area contributed by atoms with Gasteiger partial charge in [-0.2, -0.15) is 5.10 Å². The zero-order chi connectivity index (χ0) is 16.4. The molecular weight excluding hydrogens is 398 g/mol. The third-order valence-electron chi connectivity index (χ3n) is 3.12. The van der Waals surface area contributed by atoms with Crippen LogP contribution < -0.4 is 4.72 Å². The van der Waals surface area contributed by atoms with Crippen molar-refractivity contribution in [3.05, 3.63) is 63.6 Å². The SMILES string of the molecule is Cc1cccc(Cn2ccc(NS(=O)(=O)c3ccc(Br)s3)n2)c1. The maximum absolute atomic E-state index is 12.3. The van der Waals surface area contributed by atoms with E-state index in [-0.39, 0.29) is 4.21 Å². The summed E-state index contributed by atoms with van der Waals surface area (Å²) in [6, 6.07) is 13.0. The molecule has 23 heavy (non-hydrogen) atoms. The molecule has 8 heteroatoms. The number of hydrogen-bond donors (Lipinski definition) is 1. The van der Waals surface area contributed by atoms with E-state index in [1.54, 1.807) is 29.1 Å². The summed E-state index contributed by atoms with van der Waals surface area (Å²) < 4.78 is 29.7. The minimum absolute atomic E-state index is 0.248. The van der Waals surface area contributed by atoms with Crippen LogP contribution in [0, 0.1) is 6.92 Å². The summed E-state index contributed by atoms with van der Waals surface area (Å²) >= 11 is 4.42. The first-order chi connectivity index (χ1) is 10.9. The number of aryl methyl sites for hydroxylation is 1. The fraction of sp³-hybridized carbons (Fsp3) is 0.133. The number of rotatable bonds is 5. The number of sulfonamides is 1. The van der Waals surface area contributed by atoms with Crippen LogP contribution in [-0.2, 0) is 16.6 Å². The van der Waals surface area contributed by atoms with Crippen LogP contribution in [-0.4, -0.2) is 18.2 Å². The summed E-state index contributed by atoms with van der Waals surface area (Å²) in [4.78, 5) is 0. The molecule has 0 saturated carbocycles. The Bertz CT molecular complexity index is 932. The normalized spacial score (nSPS) is 11.6. The first-order valence-corrected chi connectivity index (χ1v) is 9.89. The number of benzene rings is 1. The van der Waals surface area contributed by atoms with Crippen LogP contribution in [0.5, 0.6) is 0 Å². The van der Waals surface area contributed by atoms with Gasteiger partial charge in [0.1, 0.15) is 4.21 Å². The lowest BCUT2D eigenvalue weighted by Gasteiger charge is -2.04. The highest BCUT2D eigenvalue weighted by atomic mass is 79.9. The van der Waals surface area contributed by atoms with Crippen LogP contribution in [0.2, 0.25) is 0 Å². The van der Waals surface area contributed by atoms with Gasteiger partial charge >= 0.3 is 0 Å². The third kappa shape index (κ3) is 4.01. The van der Waals surface area contributed by atoms with Gasteiger partial charge < -0.3 is 0 Å². The lowest BCUT2D eigenvalue weighted by Crippen LogP contribution is -2.12. The number of nitrogens with one attached hydrogen (secondary N) is 1. The Balaban J connectivity index is 1.74. The summed E-state index contributed by atoms with van der Waals surface area (Å²) in [5.74, 6) is 0.308. The molecule has 0 aliphatic rings. The minimum Gasteiger partial charge on any atom is -0.266 e. The maximum Gasteiger partial charge on any atom is 0.272 e. The average molecular weight is 412 g/mol. The van der Waals surface area contributed by atoms with Crippen molar-refractivity contribution >= 4 is 43.1 Å². The van der Waals surface area contributed by atoms with Crippen molar-refractivity contribution in [1.29, 1.82) is 0 Å². The van der Waals surface area contributed by atoms with Crippen LogP contribution >= 0.6 is 27.3 Å². The standard InChI is InChI=1S/C15H14BrN3O2S2/c1-11-3-2-4-12(9-11)10-19-8-7-14(17-19)18-23(20,21)15-6-5-13(16)22-15/h2-9H,10H2,1H3,(H,17,18). The van der Waals surface area contributed by atoms with Gasteiger partial charge in [0, 0.05) is 12.3 Å². The zero-order valence-corrected chi connectivity index (χ0v) is 15.5. The number of halogens is 1. The molecule has 3 rings (SSSR count). The molecule has 2 aromatic heterocycles. The van der Waals surface area contributed by atoms with Crippen molar-refractivity contribution in [3.63, 3.8) is 0 Å². The van der Waals surface area contributed by atoms with Gasteiger partial charge in [0.05, 0.1) is 10.3 Å². The van der Waals surface area contributed by atoms with E-state index in [2.05, 4.69) is 31.8 Å². The molecule has 0 unspecified atom stereocenters. The van der Waals surface area contributed by atoms with Crippen molar-refractivity contribution in [3.8, 4) is 0 Å². The Labute approximate surface area is 147 Å². The molecule has 0 aliphatic heterocycles. The topological polar surface area (TPSA) is 64.0 Å². The fourth-order valence-electron chi connectivity index (χ4n) is 2.13. The summed E-state index contributed by atoms with van der Waals surface area (Å²) in [5.41, 5.74) is 2.29. The number of nitrogens with zero attached hydrogens (tertiary/aromatic N) is 2. The van der Waals surface area contributed by atoms with Crippen molar-refractivity contribution in [2.24, 2.45) is 0 Å². The molecule has 1 aromatic carbocycles. The van der Waals surface area contributed by atoms with Gasteiger partial charge in [-0.1, -0.05) is 29.8 Å². The fourth-order valence-corrected chi connectivity index (χ4v) is 5.14. The highest BCUT2D eigenvalue weighted by Crippen LogP contribution is 2.27. The quantitative estimate of drug-likeness (QED) is 0.692. The van der Waals surface area contributed by atoms with Crippen LogP contribution in [0.4, 0.5) is 5.82 Å². The number of thiophene rings is 1. The van der Waals surface area contributed by atoms with E-state index < -0.39 is 10.0 Å². The van der Waals surface area contributed by atoms with Crippen LogP contribution in [0.25, 0.3) is 0 Å². The van der Waals surface area contributed by atoms with E-state index in [4.69, 9.17) is 0 Å². The van der Waals surface area contributed by atoms with Gasteiger partial charge in [0.2, 0.25) is 0 Å². The second-order valence-electron chi connectivity index (χ2n) is 5.05. The molecular formula is C15H14BrN3O2S2. The summed E-state index contributed by atoms with van der Waals surface area (Å²) in [6.45, 7) is 2.62. The van der Waals surface area contributed by atoms with Crippen molar-refractivity contribution in [2.75, 3.05) is 4.72 Å². The Morgan fingerprint density at radius 3 is 2.78 bits per heavy atom. The Morgan fingerprint density at radius 1 is 1.26 bits per heavy atom. The zero-order valence-electron chi connectivity index (χ0n) is 12.2. The average Bonchev–Trinajstić information content (AvgIpc) is 3.08. The van der Waals surface area contributed by atoms with E-state index in [0.717, 1.165) is 20.7 Å². The van der Waals surface area contributed by atoms with Crippen LogP contribution in [0.3, 0.4) is 0 Å². The summed E-state index contributed by atoms with van der Waals surface area (Å²) in [5, 5.41) is 4.27. The minimum atomic E-state index is -3.60. The highest BCUT2D eigenvalue weighted by molar-refractivity contribution is 9.11. The van der Waals surface area contributed by atoms with Crippen LogP contribution in [0.1, 0.15) is 11.1 Å². The van der Waals surface area contributed by atoms with Gasteiger partial charge in [-0.25, -0.2) is 8.42 Å². The molecule has 0 aliphatic carbocycles. The van der Waals surface area contributed by atoms with Crippen molar-refractivity contribution in [1.82, 2.24) is 9.78 Å². The molecule has 5 nitrogen and oxygen atoms in total. The van der Waals surface area contributed by atoms with E-state index in [1.165, 1.54) is 5.56 Å². The maximum atomic E-state index is 12.3. The van der Waals surface area contributed by atoms with Gasteiger partial charge in [0.25, 0.3) is 10.0 Å². The lowest BCUT2D eigenvalue weighted by molar-refractivity contribution is 0.602. The predicted octanol–water partition coefficient (Wildman–Crippen LogP) is 3.86. The Kier molecular flexibility index (Phi) is 4.56. The first-order valence-electron chi connectivity index (χ1n) is 6.79. The van der Waals surface area contributed by atoms with E-state index in [0.29, 0.717) is 12.4 Å². The molecule has 0 bridgehead atoms. The van der Waals surface area contributed by atoms with Gasteiger partial charge in [0.15, 0.2) is 5.82 Å². The van der Waals surface area contributed by atoms with Gasteiger partial charge in [-0.3, -0.25) is 9.40 Å².